The maximum atomic E-state index is 12.1. The zero-order valence-corrected chi connectivity index (χ0v) is 17.5. The third-order valence-corrected chi connectivity index (χ3v) is 6.10. The smallest absolute Gasteiger partial charge is 0.225 e. The number of thioether (sulfide) groups is 1. The molecule has 1 aromatic heterocycles. The van der Waals surface area contributed by atoms with Gasteiger partial charge >= 0.3 is 0 Å². The standard InChI is InChI=1S/C21H22BrN3OS/c22-17-7-9-18(10-8-17)24-20(26)11-12-27-21-16(14-23)13-15-5-3-1-2-4-6-19(15)25-21/h7-10,13H,1-6,11-12H2,(H,24,26). The molecule has 0 saturated heterocycles. The molecule has 1 amide bonds. The summed E-state index contributed by atoms with van der Waals surface area (Å²) < 4.78 is 0.977. The lowest BCUT2D eigenvalue weighted by molar-refractivity contribution is -0.115. The number of rotatable bonds is 5. The number of anilines is 1. The number of aromatic nitrogens is 1. The van der Waals surface area contributed by atoms with E-state index >= 15 is 0 Å². The van der Waals surface area contributed by atoms with Crippen molar-refractivity contribution in [2.45, 2.75) is 50.0 Å². The van der Waals surface area contributed by atoms with Crippen LogP contribution in [0.15, 0.2) is 39.8 Å². The topological polar surface area (TPSA) is 65.8 Å². The van der Waals surface area contributed by atoms with Crippen molar-refractivity contribution in [3.8, 4) is 6.07 Å². The summed E-state index contributed by atoms with van der Waals surface area (Å²) in [5.41, 5.74) is 3.77. The molecule has 1 aliphatic carbocycles. The van der Waals surface area contributed by atoms with Gasteiger partial charge in [0, 0.05) is 28.0 Å². The van der Waals surface area contributed by atoms with E-state index in [0.29, 0.717) is 17.7 Å². The average Bonchev–Trinajstić information content (AvgIpc) is 2.64. The maximum Gasteiger partial charge on any atom is 0.225 e. The number of fused-ring (bicyclic) bond motifs is 1. The Morgan fingerprint density at radius 2 is 1.93 bits per heavy atom. The highest BCUT2D eigenvalue weighted by Gasteiger charge is 2.14. The fourth-order valence-electron chi connectivity index (χ4n) is 3.16. The third kappa shape index (κ3) is 5.82. The largest absolute Gasteiger partial charge is 0.326 e. The predicted octanol–water partition coefficient (Wildman–Crippen LogP) is 5.50. The number of hydrogen-bond acceptors (Lipinski definition) is 4. The first-order chi connectivity index (χ1) is 13.2. The fraction of sp³-hybridized carbons (Fsp3) is 0.381. The van der Waals surface area contributed by atoms with E-state index in [-0.39, 0.29) is 5.91 Å². The second-order valence-corrected chi connectivity index (χ2v) is 8.63. The number of carbonyl (C=O) groups excluding carboxylic acids is 1. The summed E-state index contributed by atoms with van der Waals surface area (Å²) in [5, 5.41) is 13.1. The summed E-state index contributed by atoms with van der Waals surface area (Å²) in [6.07, 6.45) is 7.21. The quantitative estimate of drug-likeness (QED) is 0.619. The number of hydrogen-bond donors (Lipinski definition) is 1. The predicted molar refractivity (Wildman–Crippen MR) is 113 cm³/mol. The van der Waals surface area contributed by atoms with Crippen molar-refractivity contribution in [1.82, 2.24) is 4.98 Å². The molecule has 1 aliphatic rings. The first-order valence-electron chi connectivity index (χ1n) is 9.27. The summed E-state index contributed by atoms with van der Waals surface area (Å²) in [5.74, 6) is 0.567. The lowest BCUT2D eigenvalue weighted by Crippen LogP contribution is -2.12. The minimum Gasteiger partial charge on any atom is -0.326 e. The zero-order chi connectivity index (χ0) is 19.1. The van der Waals surface area contributed by atoms with E-state index in [1.54, 1.807) is 0 Å². The number of nitrogens with zero attached hydrogens (tertiary/aromatic N) is 2. The van der Waals surface area contributed by atoms with Gasteiger partial charge in [0.25, 0.3) is 0 Å². The highest BCUT2D eigenvalue weighted by atomic mass is 79.9. The van der Waals surface area contributed by atoms with Crippen LogP contribution in [-0.4, -0.2) is 16.6 Å². The molecule has 0 bridgehead atoms. The van der Waals surface area contributed by atoms with Gasteiger partial charge in [-0.2, -0.15) is 5.26 Å². The Morgan fingerprint density at radius 1 is 1.19 bits per heavy atom. The van der Waals surface area contributed by atoms with Crippen LogP contribution < -0.4 is 5.32 Å². The molecule has 1 aromatic carbocycles. The van der Waals surface area contributed by atoms with Crippen LogP contribution in [0.3, 0.4) is 0 Å². The Labute approximate surface area is 172 Å². The van der Waals surface area contributed by atoms with Gasteiger partial charge in [-0.05, 0) is 61.6 Å². The Bertz CT molecular complexity index is 846. The summed E-state index contributed by atoms with van der Waals surface area (Å²) in [6, 6.07) is 11.8. The van der Waals surface area contributed by atoms with Crippen molar-refractivity contribution in [2.75, 3.05) is 11.1 Å². The molecule has 3 rings (SSSR count). The molecular formula is C21H22BrN3OS. The molecular weight excluding hydrogens is 422 g/mol. The molecule has 2 aromatic rings. The van der Waals surface area contributed by atoms with E-state index in [1.807, 2.05) is 30.3 Å². The first-order valence-corrected chi connectivity index (χ1v) is 11.0. The van der Waals surface area contributed by atoms with Crippen molar-refractivity contribution in [3.05, 3.63) is 51.6 Å². The van der Waals surface area contributed by atoms with Crippen molar-refractivity contribution in [2.24, 2.45) is 0 Å². The Hall–Kier alpha value is -1.84. The summed E-state index contributed by atoms with van der Waals surface area (Å²) in [7, 11) is 0. The number of pyridine rings is 1. The van der Waals surface area contributed by atoms with Crippen LogP contribution in [0.25, 0.3) is 0 Å². The molecule has 0 atom stereocenters. The van der Waals surface area contributed by atoms with E-state index in [9.17, 15) is 10.1 Å². The van der Waals surface area contributed by atoms with E-state index in [2.05, 4.69) is 27.3 Å². The lowest BCUT2D eigenvalue weighted by Gasteiger charge is -2.15. The maximum absolute atomic E-state index is 12.1. The van der Waals surface area contributed by atoms with Gasteiger partial charge in [-0.1, -0.05) is 28.8 Å². The normalized spacial score (nSPS) is 13.8. The van der Waals surface area contributed by atoms with E-state index in [1.165, 1.54) is 36.6 Å². The van der Waals surface area contributed by atoms with Crippen molar-refractivity contribution >= 4 is 39.3 Å². The highest BCUT2D eigenvalue weighted by molar-refractivity contribution is 9.10. The number of benzene rings is 1. The van der Waals surface area contributed by atoms with Gasteiger partial charge in [0.05, 0.1) is 5.56 Å². The van der Waals surface area contributed by atoms with Gasteiger partial charge in [-0.15, -0.1) is 11.8 Å². The Morgan fingerprint density at radius 3 is 2.67 bits per heavy atom. The van der Waals surface area contributed by atoms with Gasteiger partial charge in [-0.3, -0.25) is 4.79 Å². The lowest BCUT2D eigenvalue weighted by atomic mass is 9.96. The van der Waals surface area contributed by atoms with Crippen LogP contribution >= 0.6 is 27.7 Å². The molecule has 0 fully saturated rings. The Balaban J connectivity index is 1.59. The second-order valence-electron chi connectivity index (χ2n) is 6.63. The van der Waals surface area contributed by atoms with Crippen LogP contribution in [0.5, 0.6) is 0 Å². The van der Waals surface area contributed by atoms with Crippen molar-refractivity contribution in [3.63, 3.8) is 0 Å². The van der Waals surface area contributed by atoms with Crippen LogP contribution in [0.4, 0.5) is 5.69 Å². The summed E-state index contributed by atoms with van der Waals surface area (Å²) in [6.45, 7) is 0. The monoisotopic (exact) mass is 443 g/mol. The van der Waals surface area contributed by atoms with E-state index in [0.717, 1.165) is 40.1 Å². The molecule has 0 aliphatic heterocycles. The number of carbonyl (C=O) groups is 1. The van der Waals surface area contributed by atoms with Gasteiger partial charge in [-0.25, -0.2) is 4.98 Å². The van der Waals surface area contributed by atoms with Crippen molar-refractivity contribution in [1.29, 1.82) is 5.26 Å². The second kappa shape index (κ2) is 9.91. The van der Waals surface area contributed by atoms with Gasteiger partial charge in [0.2, 0.25) is 5.91 Å². The molecule has 6 heteroatoms. The summed E-state index contributed by atoms with van der Waals surface area (Å²) in [4.78, 5) is 16.9. The first kappa shape index (κ1) is 19.9. The van der Waals surface area contributed by atoms with Crippen LogP contribution in [0.1, 0.15) is 48.9 Å². The van der Waals surface area contributed by atoms with E-state index < -0.39 is 0 Å². The number of nitrogens with one attached hydrogen (secondary N) is 1. The molecule has 140 valence electrons. The van der Waals surface area contributed by atoms with Gasteiger partial charge in [0.15, 0.2) is 0 Å². The molecule has 27 heavy (non-hydrogen) atoms. The third-order valence-electron chi connectivity index (χ3n) is 4.58. The van der Waals surface area contributed by atoms with Gasteiger partial charge in [0.1, 0.15) is 11.1 Å². The SMILES string of the molecule is N#Cc1cc2c(nc1SCCC(=O)Nc1ccc(Br)cc1)CCCCCC2. The molecule has 1 heterocycles. The van der Waals surface area contributed by atoms with Crippen LogP contribution in [-0.2, 0) is 17.6 Å². The van der Waals surface area contributed by atoms with Crippen LogP contribution in [0, 0.1) is 11.3 Å². The molecule has 1 N–H and O–H groups in total. The number of aryl methyl sites for hydroxylation is 2. The van der Waals surface area contributed by atoms with Crippen molar-refractivity contribution < 1.29 is 4.79 Å². The molecule has 0 radical (unpaired) electrons. The summed E-state index contributed by atoms with van der Waals surface area (Å²) >= 11 is 4.87. The molecule has 0 saturated carbocycles. The van der Waals surface area contributed by atoms with Gasteiger partial charge < -0.3 is 5.32 Å². The zero-order valence-electron chi connectivity index (χ0n) is 15.1. The molecule has 0 unspecified atom stereocenters. The average molecular weight is 444 g/mol. The molecule has 0 spiro atoms. The Kier molecular flexibility index (Phi) is 7.31. The molecule has 4 nitrogen and oxygen atoms in total. The highest BCUT2D eigenvalue weighted by Crippen LogP contribution is 2.27. The minimum absolute atomic E-state index is 0.0328. The number of halogens is 1. The van der Waals surface area contributed by atoms with E-state index in [4.69, 9.17) is 4.98 Å². The fourth-order valence-corrected chi connectivity index (χ4v) is 4.34. The number of nitriles is 1. The minimum atomic E-state index is -0.0328. The van der Waals surface area contributed by atoms with Crippen LogP contribution in [0.2, 0.25) is 0 Å². The number of amides is 1.